The van der Waals surface area contributed by atoms with E-state index in [0.29, 0.717) is 19.7 Å². The van der Waals surface area contributed by atoms with E-state index in [1.807, 2.05) is 26.8 Å². The SMILES string of the molecule is CCOc1c(C)cc(Cl)c(C)c1CC(CN)CN. The van der Waals surface area contributed by atoms with Crippen LogP contribution in [-0.2, 0) is 6.42 Å². The monoisotopic (exact) mass is 270 g/mol. The molecular weight excluding hydrogens is 248 g/mol. The molecule has 0 aliphatic carbocycles. The summed E-state index contributed by atoms with van der Waals surface area (Å²) in [5.74, 6) is 1.20. The van der Waals surface area contributed by atoms with Crippen LogP contribution in [0.15, 0.2) is 6.07 Å². The zero-order chi connectivity index (χ0) is 13.7. The Morgan fingerprint density at radius 3 is 2.39 bits per heavy atom. The van der Waals surface area contributed by atoms with Gasteiger partial charge in [0, 0.05) is 5.02 Å². The summed E-state index contributed by atoms with van der Waals surface area (Å²) < 4.78 is 5.75. The van der Waals surface area contributed by atoms with Crippen molar-refractivity contribution >= 4 is 11.6 Å². The van der Waals surface area contributed by atoms with Crippen LogP contribution in [0, 0.1) is 19.8 Å². The molecule has 0 saturated heterocycles. The summed E-state index contributed by atoms with van der Waals surface area (Å²) in [7, 11) is 0. The topological polar surface area (TPSA) is 61.3 Å². The first kappa shape index (κ1) is 15.3. The number of hydrogen-bond acceptors (Lipinski definition) is 3. The predicted octanol–water partition coefficient (Wildman–Crippen LogP) is 2.43. The van der Waals surface area contributed by atoms with Crippen molar-refractivity contribution in [2.24, 2.45) is 17.4 Å². The van der Waals surface area contributed by atoms with Crippen LogP contribution in [0.5, 0.6) is 5.75 Å². The highest BCUT2D eigenvalue weighted by Gasteiger charge is 2.17. The van der Waals surface area contributed by atoms with Crippen molar-refractivity contribution in [3.8, 4) is 5.75 Å². The minimum Gasteiger partial charge on any atom is -0.493 e. The van der Waals surface area contributed by atoms with E-state index in [0.717, 1.165) is 33.9 Å². The molecule has 0 atom stereocenters. The van der Waals surface area contributed by atoms with Crippen molar-refractivity contribution in [3.05, 3.63) is 27.8 Å². The number of hydrogen-bond donors (Lipinski definition) is 2. The summed E-state index contributed by atoms with van der Waals surface area (Å²) in [4.78, 5) is 0. The van der Waals surface area contributed by atoms with Crippen LogP contribution in [0.2, 0.25) is 5.02 Å². The number of ether oxygens (including phenoxy) is 1. The van der Waals surface area contributed by atoms with Gasteiger partial charge in [-0.1, -0.05) is 11.6 Å². The summed E-state index contributed by atoms with van der Waals surface area (Å²) in [6, 6.07) is 1.95. The Morgan fingerprint density at radius 2 is 1.89 bits per heavy atom. The number of aryl methyl sites for hydroxylation is 1. The number of benzene rings is 1. The molecule has 1 aromatic rings. The Kier molecular flexibility index (Phi) is 5.93. The molecule has 0 aromatic heterocycles. The Balaban J connectivity index is 3.20. The molecular formula is C14H23ClN2O. The van der Waals surface area contributed by atoms with Crippen LogP contribution in [0.4, 0.5) is 0 Å². The highest BCUT2D eigenvalue weighted by molar-refractivity contribution is 6.31. The van der Waals surface area contributed by atoms with Gasteiger partial charge in [0.05, 0.1) is 6.61 Å². The molecule has 1 rings (SSSR count). The van der Waals surface area contributed by atoms with Gasteiger partial charge in [-0.15, -0.1) is 0 Å². The van der Waals surface area contributed by atoms with E-state index in [1.165, 1.54) is 0 Å². The molecule has 0 unspecified atom stereocenters. The first-order chi connectivity index (χ1) is 8.54. The molecule has 1 aromatic carbocycles. The minimum absolute atomic E-state index is 0.265. The lowest BCUT2D eigenvalue weighted by atomic mass is 9.93. The summed E-state index contributed by atoms with van der Waals surface area (Å²) in [6.07, 6.45) is 0.815. The first-order valence-electron chi connectivity index (χ1n) is 6.36. The van der Waals surface area contributed by atoms with Crippen molar-refractivity contribution in [2.45, 2.75) is 27.2 Å². The Hall–Kier alpha value is -0.770. The third-order valence-corrected chi connectivity index (χ3v) is 3.63. The minimum atomic E-state index is 0.265. The van der Waals surface area contributed by atoms with Crippen LogP contribution < -0.4 is 16.2 Å². The van der Waals surface area contributed by atoms with E-state index < -0.39 is 0 Å². The summed E-state index contributed by atoms with van der Waals surface area (Å²) in [6.45, 7) is 7.81. The van der Waals surface area contributed by atoms with Crippen molar-refractivity contribution in [1.82, 2.24) is 0 Å². The van der Waals surface area contributed by atoms with Crippen molar-refractivity contribution in [3.63, 3.8) is 0 Å². The molecule has 0 spiro atoms. The van der Waals surface area contributed by atoms with Crippen molar-refractivity contribution in [2.75, 3.05) is 19.7 Å². The van der Waals surface area contributed by atoms with E-state index in [9.17, 15) is 0 Å². The Bertz CT molecular complexity index is 403. The zero-order valence-electron chi connectivity index (χ0n) is 11.4. The molecule has 0 radical (unpaired) electrons. The molecule has 4 heteroatoms. The molecule has 4 N–H and O–H groups in total. The largest absolute Gasteiger partial charge is 0.493 e. The fourth-order valence-corrected chi connectivity index (χ4v) is 2.34. The number of rotatable bonds is 6. The standard InChI is InChI=1S/C14H23ClN2O/c1-4-18-14-9(2)5-13(15)10(3)12(14)6-11(7-16)8-17/h5,11H,4,6-8,16-17H2,1-3H3. The van der Waals surface area contributed by atoms with Crippen molar-refractivity contribution < 1.29 is 4.74 Å². The predicted molar refractivity (Wildman–Crippen MR) is 77.4 cm³/mol. The third kappa shape index (κ3) is 3.37. The lowest BCUT2D eigenvalue weighted by molar-refractivity contribution is 0.331. The van der Waals surface area contributed by atoms with E-state index in [1.54, 1.807) is 0 Å². The molecule has 0 heterocycles. The van der Waals surface area contributed by atoms with Gasteiger partial charge >= 0.3 is 0 Å². The maximum Gasteiger partial charge on any atom is 0.125 e. The second kappa shape index (κ2) is 6.98. The van der Waals surface area contributed by atoms with Gasteiger partial charge in [0.15, 0.2) is 0 Å². The van der Waals surface area contributed by atoms with E-state index in [2.05, 4.69) is 0 Å². The van der Waals surface area contributed by atoms with Gasteiger partial charge in [-0.25, -0.2) is 0 Å². The third-order valence-electron chi connectivity index (χ3n) is 3.23. The molecule has 0 bridgehead atoms. The molecule has 0 fully saturated rings. The van der Waals surface area contributed by atoms with Gasteiger partial charge in [0.25, 0.3) is 0 Å². The maximum atomic E-state index is 6.24. The van der Waals surface area contributed by atoms with Crippen LogP contribution in [0.25, 0.3) is 0 Å². The van der Waals surface area contributed by atoms with Gasteiger partial charge in [-0.2, -0.15) is 0 Å². The zero-order valence-corrected chi connectivity index (χ0v) is 12.2. The lowest BCUT2D eigenvalue weighted by Crippen LogP contribution is -2.25. The van der Waals surface area contributed by atoms with E-state index >= 15 is 0 Å². The van der Waals surface area contributed by atoms with Crippen molar-refractivity contribution in [1.29, 1.82) is 0 Å². The van der Waals surface area contributed by atoms with Gasteiger partial charge < -0.3 is 16.2 Å². The van der Waals surface area contributed by atoms with Gasteiger partial charge in [0.2, 0.25) is 0 Å². The Morgan fingerprint density at radius 1 is 1.28 bits per heavy atom. The molecule has 0 amide bonds. The maximum absolute atomic E-state index is 6.24. The van der Waals surface area contributed by atoms with Gasteiger partial charge in [-0.3, -0.25) is 0 Å². The molecule has 0 aliphatic rings. The van der Waals surface area contributed by atoms with Crippen LogP contribution >= 0.6 is 11.6 Å². The van der Waals surface area contributed by atoms with Gasteiger partial charge in [-0.05, 0) is 69.0 Å². The Labute approximate surface area is 114 Å². The quantitative estimate of drug-likeness (QED) is 0.835. The number of halogens is 1. The summed E-state index contributed by atoms with van der Waals surface area (Å²) in [5.41, 5.74) is 14.7. The normalized spacial score (nSPS) is 11.1. The molecule has 18 heavy (non-hydrogen) atoms. The number of nitrogens with two attached hydrogens (primary N) is 2. The second-order valence-corrected chi connectivity index (χ2v) is 4.99. The second-order valence-electron chi connectivity index (χ2n) is 4.58. The van der Waals surface area contributed by atoms with Crippen LogP contribution in [0.1, 0.15) is 23.6 Å². The summed E-state index contributed by atoms with van der Waals surface area (Å²) in [5, 5.41) is 0.777. The highest BCUT2D eigenvalue weighted by atomic mass is 35.5. The van der Waals surface area contributed by atoms with E-state index in [-0.39, 0.29) is 5.92 Å². The smallest absolute Gasteiger partial charge is 0.125 e. The van der Waals surface area contributed by atoms with Gasteiger partial charge in [0.1, 0.15) is 5.75 Å². The first-order valence-corrected chi connectivity index (χ1v) is 6.74. The van der Waals surface area contributed by atoms with E-state index in [4.69, 9.17) is 27.8 Å². The fraction of sp³-hybridized carbons (Fsp3) is 0.571. The molecule has 102 valence electrons. The van der Waals surface area contributed by atoms with Crippen LogP contribution in [0.3, 0.4) is 0 Å². The highest BCUT2D eigenvalue weighted by Crippen LogP contribution is 2.33. The molecule has 0 aliphatic heterocycles. The average molecular weight is 271 g/mol. The molecule has 0 saturated carbocycles. The summed E-state index contributed by atoms with van der Waals surface area (Å²) >= 11 is 6.24. The fourth-order valence-electron chi connectivity index (χ4n) is 2.06. The lowest BCUT2D eigenvalue weighted by Gasteiger charge is -2.20. The average Bonchev–Trinajstić information content (AvgIpc) is 2.36. The van der Waals surface area contributed by atoms with Crippen LogP contribution in [-0.4, -0.2) is 19.7 Å². The molecule has 3 nitrogen and oxygen atoms in total.